The Balaban J connectivity index is 2.06. The van der Waals surface area contributed by atoms with Gasteiger partial charge in [0.15, 0.2) is 0 Å². The van der Waals surface area contributed by atoms with Crippen LogP contribution in [0.15, 0.2) is 6.07 Å². The monoisotopic (exact) mass is 303 g/mol. The first-order valence-electron chi connectivity index (χ1n) is 6.55. The van der Waals surface area contributed by atoms with E-state index in [4.69, 9.17) is 4.74 Å². The highest BCUT2D eigenvalue weighted by Gasteiger charge is 2.38. The van der Waals surface area contributed by atoms with Crippen LogP contribution in [0.4, 0.5) is 13.2 Å². The number of rotatable bonds is 3. The van der Waals surface area contributed by atoms with Gasteiger partial charge in [0.1, 0.15) is 17.1 Å². The standard InChI is InChI=1S/C13H16F3N3O2/c1-8-6-9(13(14,15)16)19-10(18-8)7-17-11(20)12(2)4-3-5-21-12/h6H,3-5,7H2,1-2H3,(H,17,20)/t12-/m0/s1. The topological polar surface area (TPSA) is 64.1 Å². The third-order valence-electron chi connectivity index (χ3n) is 3.30. The van der Waals surface area contributed by atoms with Crippen LogP contribution in [0.1, 0.15) is 37.0 Å². The zero-order valence-corrected chi connectivity index (χ0v) is 11.8. The van der Waals surface area contributed by atoms with Crippen LogP contribution < -0.4 is 5.32 Å². The van der Waals surface area contributed by atoms with Crippen LogP contribution in [0.3, 0.4) is 0 Å². The van der Waals surface area contributed by atoms with Crippen molar-refractivity contribution in [3.63, 3.8) is 0 Å². The number of halogens is 3. The van der Waals surface area contributed by atoms with Gasteiger partial charge in [0.2, 0.25) is 0 Å². The minimum atomic E-state index is -4.53. The Kier molecular flexibility index (Phi) is 4.18. The van der Waals surface area contributed by atoms with Crippen molar-refractivity contribution in [2.24, 2.45) is 0 Å². The van der Waals surface area contributed by atoms with Crippen molar-refractivity contribution < 1.29 is 22.7 Å². The molecule has 0 unspecified atom stereocenters. The molecule has 1 saturated heterocycles. The van der Waals surface area contributed by atoms with Gasteiger partial charge in [-0.05, 0) is 32.8 Å². The Morgan fingerprint density at radius 3 is 2.76 bits per heavy atom. The lowest BCUT2D eigenvalue weighted by atomic mass is 10.0. The van der Waals surface area contributed by atoms with Crippen molar-refractivity contribution in [1.82, 2.24) is 15.3 Å². The van der Waals surface area contributed by atoms with Crippen molar-refractivity contribution in [3.8, 4) is 0 Å². The SMILES string of the molecule is Cc1cc(C(F)(F)F)nc(CNC(=O)[C@]2(C)CCCO2)n1. The van der Waals surface area contributed by atoms with Gasteiger partial charge in [0.25, 0.3) is 5.91 Å². The quantitative estimate of drug-likeness (QED) is 0.927. The van der Waals surface area contributed by atoms with E-state index in [9.17, 15) is 18.0 Å². The van der Waals surface area contributed by atoms with E-state index in [1.807, 2.05) is 0 Å². The lowest BCUT2D eigenvalue weighted by Gasteiger charge is -2.21. The van der Waals surface area contributed by atoms with Gasteiger partial charge in [-0.15, -0.1) is 0 Å². The summed E-state index contributed by atoms with van der Waals surface area (Å²) in [6.07, 6.45) is -3.17. The molecule has 1 aromatic heterocycles. The maximum Gasteiger partial charge on any atom is 0.433 e. The largest absolute Gasteiger partial charge is 0.433 e. The van der Waals surface area contributed by atoms with Crippen molar-refractivity contribution in [1.29, 1.82) is 0 Å². The average molecular weight is 303 g/mol. The number of amides is 1. The van der Waals surface area contributed by atoms with Crippen LogP contribution >= 0.6 is 0 Å². The molecule has 5 nitrogen and oxygen atoms in total. The lowest BCUT2D eigenvalue weighted by Crippen LogP contribution is -2.43. The van der Waals surface area contributed by atoms with Gasteiger partial charge in [0, 0.05) is 12.3 Å². The first-order chi connectivity index (χ1) is 9.71. The van der Waals surface area contributed by atoms with Crippen molar-refractivity contribution >= 4 is 5.91 Å². The minimum absolute atomic E-state index is 0.0720. The number of hydrogen-bond acceptors (Lipinski definition) is 4. The zero-order valence-electron chi connectivity index (χ0n) is 11.8. The molecular formula is C13H16F3N3O2. The molecule has 0 aromatic carbocycles. The van der Waals surface area contributed by atoms with E-state index in [0.29, 0.717) is 13.0 Å². The summed E-state index contributed by atoms with van der Waals surface area (Å²) in [5.41, 5.74) is -1.73. The smallest absolute Gasteiger partial charge is 0.365 e. The second-order valence-corrected chi connectivity index (χ2v) is 5.17. The summed E-state index contributed by atoms with van der Waals surface area (Å²) in [5, 5.41) is 2.53. The zero-order chi connectivity index (χ0) is 15.7. The summed E-state index contributed by atoms with van der Waals surface area (Å²) in [6.45, 7) is 3.45. The van der Waals surface area contributed by atoms with E-state index >= 15 is 0 Å². The first-order valence-corrected chi connectivity index (χ1v) is 6.55. The van der Waals surface area contributed by atoms with Gasteiger partial charge in [-0.1, -0.05) is 0 Å². The van der Waals surface area contributed by atoms with Gasteiger partial charge < -0.3 is 10.1 Å². The summed E-state index contributed by atoms with van der Waals surface area (Å²) in [6, 6.07) is 0.868. The second kappa shape index (κ2) is 5.59. The van der Waals surface area contributed by atoms with Crippen LogP contribution in [0.5, 0.6) is 0 Å². The molecule has 0 radical (unpaired) electrons. The Bertz CT molecular complexity index is 540. The Labute approximate surface area is 119 Å². The summed E-state index contributed by atoms with van der Waals surface area (Å²) in [5.74, 6) is -0.434. The molecule has 0 aliphatic carbocycles. The number of alkyl halides is 3. The van der Waals surface area contributed by atoms with Crippen molar-refractivity contribution in [2.75, 3.05) is 6.61 Å². The molecule has 1 aliphatic rings. The Hall–Kier alpha value is -1.70. The maximum atomic E-state index is 12.7. The Morgan fingerprint density at radius 2 is 2.19 bits per heavy atom. The van der Waals surface area contributed by atoms with E-state index in [1.54, 1.807) is 6.92 Å². The number of carbonyl (C=O) groups excluding carboxylic acids is 1. The number of hydrogen-bond donors (Lipinski definition) is 1. The fourth-order valence-corrected chi connectivity index (χ4v) is 2.16. The predicted octanol–water partition coefficient (Wildman–Crippen LogP) is 1.99. The maximum absolute atomic E-state index is 12.7. The highest BCUT2D eigenvalue weighted by Crippen LogP contribution is 2.28. The molecule has 8 heteroatoms. The molecule has 0 spiro atoms. The highest BCUT2D eigenvalue weighted by atomic mass is 19.4. The minimum Gasteiger partial charge on any atom is -0.365 e. The highest BCUT2D eigenvalue weighted by molar-refractivity contribution is 5.84. The third kappa shape index (κ3) is 3.69. The van der Waals surface area contributed by atoms with Crippen LogP contribution in [0.25, 0.3) is 0 Å². The van der Waals surface area contributed by atoms with Gasteiger partial charge >= 0.3 is 6.18 Å². The number of carbonyl (C=O) groups is 1. The predicted molar refractivity (Wildman–Crippen MR) is 67.2 cm³/mol. The van der Waals surface area contributed by atoms with Crippen LogP contribution in [-0.2, 0) is 22.3 Å². The van der Waals surface area contributed by atoms with Crippen LogP contribution in [0, 0.1) is 6.92 Å². The first kappa shape index (κ1) is 15.7. The second-order valence-electron chi connectivity index (χ2n) is 5.17. The van der Waals surface area contributed by atoms with E-state index in [0.717, 1.165) is 12.5 Å². The molecule has 2 rings (SSSR count). The summed E-state index contributed by atoms with van der Waals surface area (Å²) in [7, 11) is 0. The molecule has 0 saturated carbocycles. The third-order valence-corrected chi connectivity index (χ3v) is 3.30. The summed E-state index contributed by atoms with van der Waals surface area (Å²) >= 11 is 0. The Morgan fingerprint density at radius 1 is 1.48 bits per heavy atom. The van der Waals surface area contributed by atoms with Crippen LogP contribution in [0.2, 0.25) is 0 Å². The summed E-state index contributed by atoms with van der Waals surface area (Å²) < 4.78 is 43.3. The fourth-order valence-electron chi connectivity index (χ4n) is 2.16. The average Bonchev–Trinajstić information content (AvgIpc) is 2.82. The van der Waals surface area contributed by atoms with E-state index < -0.39 is 17.5 Å². The molecule has 1 atom stereocenters. The molecule has 0 bridgehead atoms. The molecule has 1 N–H and O–H groups in total. The fraction of sp³-hybridized carbons (Fsp3) is 0.615. The lowest BCUT2D eigenvalue weighted by molar-refractivity contribution is -0.141. The normalized spacial score (nSPS) is 22.3. The summed E-state index contributed by atoms with van der Waals surface area (Å²) in [4.78, 5) is 19.3. The van der Waals surface area contributed by atoms with Gasteiger partial charge in [-0.2, -0.15) is 13.2 Å². The number of ether oxygens (including phenoxy) is 1. The van der Waals surface area contributed by atoms with E-state index in [2.05, 4.69) is 15.3 Å². The van der Waals surface area contributed by atoms with E-state index in [-0.39, 0.29) is 24.0 Å². The number of nitrogens with one attached hydrogen (secondary N) is 1. The van der Waals surface area contributed by atoms with Crippen LogP contribution in [-0.4, -0.2) is 28.1 Å². The number of aromatic nitrogens is 2. The molecule has 1 aromatic rings. The molecular weight excluding hydrogens is 287 g/mol. The molecule has 1 aliphatic heterocycles. The molecule has 116 valence electrons. The van der Waals surface area contributed by atoms with Gasteiger partial charge in [0.05, 0.1) is 6.54 Å². The van der Waals surface area contributed by atoms with Crippen molar-refractivity contribution in [3.05, 3.63) is 23.3 Å². The number of nitrogens with zero attached hydrogens (tertiary/aromatic N) is 2. The molecule has 21 heavy (non-hydrogen) atoms. The number of aryl methyl sites for hydroxylation is 1. The molecule has 1 amide bonds. The van der Waals surface area contributed by atoms with E-state index in [1.165, 1.54) is 6.92 Å². The van der Waals surface area contributed by atoms with Gasteiger partial charge in [-0.3, -0.25) is 4.79 Å². The molecule has 2 heterocycles. The van der Waals surface area contributed by atoms with Gasteiger partial charge in [-0.25, -0.2) is 9.97 Å². The van der Waals surface area contributed by atoms with Crippen molar-refractivity contribution in [2.45, 2.75) is 45.0 Å². The molecule has 1 fully saturated rings.